The summed E-state index contributed by atoms with van der Waals surface area (Å²) in [5.41, 5.74) is 6.54. The Hall–Kier alpha value is -1.94. The number of amides is 1. The van der Waals surface area contributed by atoms with E-state index in [4.69, 9.17) is 10.5 Å². The largest absolute Gasteiger partial charge is 2.00 e. The average Bonchev–Trinajstić information content (AvgIpc) is 3.46. The van der Waals surface area contributed by atoms with E-state index in [1.807, 2.05) is 0 Å². The van der Waals surface area contributed by atoms with Crippen molar-refractivity contribution in [3.63, 3.8) is 0 Å². The SMILES string of the molecule is Nc1ncnc2c1ncn2[C@@H]1O[C@H](C(=O)NCCCCCCN2CCNCCNCCNCC2)[C@@H](O)[C@H]1O.[Cu+2]. The minimum atomic E-state index is -1.38. The van der Waals surface area contributed by atoms with E-state index in [9.17, 15) is 15.0 Å². The van der Waals surface area contributed by atoms with E-state index in [0.29, 0.717) is 17.7 Å². The molecule has 2 aromatic heterocycles. The zero-order valence-electron chi connectivity index (χ0n) is 22.2. The Bertz CT molecular complexity index is 1000. The molecule has 221 valence electrons. The molecular weight excluding hydrogens is 556 g/mol. The number of carbonyl (C=O) groups excluding carboxylic acids is 1. The Morgan fingerprint density at radius 1 is 0.974 bits per heavy atom. The maximum Gasteiger partial charge on any atom is 2.00 e. The summed E-state index contributed by atoms with van der Waals surface area (Å²) >= 11 is 0. The fraction of sp³-hybridized carbons (Fsp3) is 0.750. The Morgan fingerprint density at radius 2 is 1.64 bits per heavy atom. The number of rotatable bonds is 9. The molecule has 14 nitrogen and oxygen atoms in total. The summed E-state index contributed by atoms with van der Waals surface area (Å²) in [4.78, 5) is 27.4. The average molecular weight is 598 g/mol. The Labute approximate surface area is 239 Å². The summed E-state index contributed by atoms with van der Waals surface area (Å²) in [6, 6.07) is 0. The van der Waals surface area contributed by atoms with Crippen molar-refractivity contribution in [1.29, 1.82) is 0 Å². The van der Waals surface area contributed by atoms with E-state index in [-0.39, 0.29) is 22.9 Å². The summed E-state index contributed by atoms with van der Waals surface area (Å²) in [5.74, 6) is -0.256. The molecule has 0 aromatic carbocycles. The monoisotopic (exact) mass is 597 g/mol. The van der Waals surface area contributed by atoms with Gasteiger partial charge in [-0.2, -0.15) is 0 Å². The number of aliphatic hydroxyl groups excluding tert-OH is 2. The molecular formula is C24H42CuN10O4+2. The van der Waals surface area contributed by atoms with Gasteiger partial charge >= 0.3 is 17.1 Å². The number of aromatic nitrogens is 4. The number of hydrogen-bond acceptors (Lipinski definition) is 12. The van der Waals surface area contributed by atoms with E-state index in [1.165, 1.54) is 17.2 Å². The molecule has 39 heavy (non-hydrogen) atoms. The molecule has 0 bridgehead atoms. The smallest absolute Gasteiger partial charge is 0.387 e. The molecule has 4 heterocycles. The van der Waals surface area contributed by atoms with Crippen LogP contribution >= 0.6 is 0 Å². The number of ether oxygens (including phenoxy) is 1. The van der Waals surface area contributed by atoms with E-state index < -0.39 is 30.4 Å². The van der Waals surface area contributed by atoms with Crippen LogP contribution in [0.1, 0.15) is 31.9 Å². The minimum Gasteiger partial charge on any atom is -0.387 e. The Kier molecular flexibility index (Phi) is 13.2. The van der Waals surface area contributed by atoms with Crippen molar-refractivity contribution in [2.75, 3.05) is 71.2 Å². The minimum absolute atomic E-state index is 0. The number of nitrogen functional groups attached to an aromatic ring is 1. The fourth-order valence-corrected chi connectivity index (χ4v) is 4.83. The zero-order chi connectivity index (χ0) is 26.7. The molecule has 2 aliphatic heterocycles. The van der Waals surface area contributed by atoms with Gasteiger partial charge in [-0.1, -0.05) is 12.8 Å². The molecule has 4 atom stereocenters. The van der Waals surface area contributed by atoms with Crippen LogP contribution < -0.4 is 27.0 Å². The molecule has 15 heteroatoms. The number of unbranched alkanes of at least 4 members (excludes halogenated alkanes) is 3. The molecule has 2 saturated heterocycles. The molecule has 0 unspecified atom stereocenters. The first-order valence-electron chi connectivity index (χ1n) is 13.6. The number of nitrogens with two attached hydrogens (primary N) is 1. The van der Waals surface area contributed by atoms with Crippen molar-refractivity contribution in [3.8, 4) is 0 Å². The van der Waals surface area contributed by atoms with Gasteiger partial charge in [-0.15, -0.1) is 0 Å². The third-order valence-corrected chi connectivity index (χ3v) is 7.03. The van der Waals surface area contributed by atoms with Crippen LogP contribution in [0.15, 0.2) is 12.7 Å². The summed E-state index contributed by atoms with van der Waals surface area (Å²) in [5, 5.41) is 34.2. The van der Waals surface area contributed by atoms with Gasteiger partial charge in [-0.25, -0.2) is 15.0 Å². The van der Waals surface area contributed by atoms with Crippen molar-refractivity contribution in [1.82, 2.24) is 45.7 Å². The second kappa shape index (κ2) is 16.4. The van der Waals surface area contributed by atoms with Crippen molar-refractivity contribution < 1.29 is 36.8 Å². The van der Waals surface area contributed by atoms with Crippen LogP contribution in [0.3, 0.4) is 0 Å². The number of hydrogen-bond donors (Lipinski definition) is 7. The quantitative estimate of drug-likeness (QED) is 0.122. The molecule has 2 aromatic rings. The van der Waals surface area contributed by atoms with Gasteiger partial charge in [0.15, 0.2) is 23.8 Å². The van der Waals surface area contributed by atoms with E-state index in [2.05, 4.69) is 41.1 Å². The van der Waals surface area contributed by atoms with Gasteiger partial charge in [-0.3, -0.25) is 9.36 Å². The van der Waals surface area contributed by atoms with Crippen LogP contribution in [0, 0.1) is 0 Å². The third kappa shape index (κ3) is 8.77. The van der Waals surface area contributed by atoms with Gasteiger partial charge < -0.3 is 46.9 Å². The van der Waals surface area contributed by atoms with Gasteiger partial charge in [0, 0.05) is 58.9 Å². The van der Waals surface area contributed by atoms with Crippen LogP contribution in [0.2, 0.25) is 0 Å². The summed E-state index contributed by atoms with van der Waals surface area (Å²) in [6.07, 6.45) is 1.79. The van der Waals surface area contributed by atoms with Gasteiger partial charge in [-0.05, 0) is 19.4 Å². The zero-order valence-corrected chi connectivity index (χ0v) is 23.1. The number of imidazole rings is 1. The first-order valence-corrected chi connectivity index (χ1v) is 13.6. The molecule has 4 rings (SSSR count). The molecule has 1 amide bonds. The molecule has 2 fully saturated rings. The first kappa shape index (κ1) is 31.6. The number of aliphatic hydroxyl groups is 2. The fourth-order valence-electron chi connectivity index (χ4n) is 4.83. The number of nitrogens with zero attached hydrogens (tertiary/aromatic N) is 5. The van der Waals surface area contributed by atoms with Crippen LogP contribution in [0.5, 0.6) is 0 Å². The second-order valence-electron chi connectivity index (χ2n) is 9.81. The molecule has 1 radical (unpaired) electrons. The molecule has 0 saturated carbocycles. The van der Waals surface area contributed by atoms with E-state index in [1.54, 1.807) is 0 Å². The molecule has 0 spiro atoms. The van der Waals surface area contributed by atoms with Crippen LogP contribution in [0.4, 0.5) is 5.82 Å². The third-order valence-electron chi connectivity index (χ3n) is 7.03. The number of anilines is 1. The van der Waals surface area contributed by atoms with Crippen LogP contribution in [-0.4, -0.2) is 124 Å². The summed E-state index contributed by atoms with van der Waals surface area (Å²) < 4.78 is 7.20. The van der Waals surface area contributed by atoms with Crippen molar-refractivity contribution in [2.45, 2.75) is 50.2 Å². The van der Waals surface area contributed by atoms with Gasteiger partial charge in [0.2, 0.25) is 0 Å². The van der Waals surface area contributed by atoms with E-state index in [0.717, 1.165) is 84.6 Å². The van der Waals surface area contributed by atoms with Crippen molar-refractivity contribution in [3.05, 3.63) is 12.7 Å². The van der Waals surface area contributed by atoms with Gasteiger partial charge in [0.1, 0.15) is 24.1 Å². The Morgan fingerprint density at radius 3 is 2.36 bits per heavy atom. The first-order chi connectivity index (χ1) is 18.6. The number of nitrogens with one attached hydrogen (secondary N) is 4. The molecule has 0 aliphatic carbocycles. The molecule has 2 aliphatic rings. The van der Waals surface area contributed by atoms with Crippen LogP contribution in [-0.2, 0) is 26.6 Å². The van der Waals surface area contributed by atoms with Crippen molar-refractivity contribution >= 4 is 22.9 Å². The standard InChI is InChI=1S/C24H42N10O4.Cu/c25-21-17-22(31-15-30-21)34(16-32-17)24-19(36)18(35)20(38-24)23(37)29-5-3-1-2-4-12-33-13-10-27-8-6-26-7-9-28-11-14-33;/h15-16,18-20,24,26-28,35-36H,1-14H2,(H,29,37)(H2,25,30,31);/q;+2/t18-,19+,20-,24+;/m0./s1. The molecule has 8 N–H and O–H groups in total. The topological polar surface area (TPSA) is 188 Å². The number of carbonyl (C=O) groups is 1. The van der Waals surface area contributed by atoms with Crippen LogP contribution in [0.25, 0.3) is 11.2 Å². The van der Waals surface area contributed by atoms with Crippen molar-refractivity contribution in [2.24, 2.45) is 0 Å². The van der Waals surface area contributed by atoms with Gasteiger partial charge in [0.25, 0.3) is 5.91 Å². The summed E-state index contributed by atoms with van der Waals surface area (Å²) in [7, 11) is 0. The number of fused-ring (bicyclic) bond motifs is 1. The predicted molar refractivity (Wildman–Crippen MR) is 142 cm³/mol. The maximum absolute atomic E-state index is 12.7. The normalized spacial score (nSPS) is 25.5. The summed E-state index contributed by atoms with van der Waals surface area (Å²) in [6.45, 7) is 9.61. The van der Waals surface area contributed by atoms with E-state index >= 15 is 0 Å². The second-order valence-corrected chi connectivity index (χ2v) is 9.81. The predicted octanol–water partition coefficient (Wildman–Crippen LogP) is -2.21. The van der Waals surface area contributed by atoms with Gasteiger partial charge in [0.05, 0.1) is 6.33 Å². The maximum atomic E-state index is 12.7. The Balaban J connectivity index is 0.00000420.